The van der Waals surface area contributed by atoms with Crippen molar-refractivity contribution in [3.8, 4) is 22.6 Å². The Bertz CT molecular complexity index is 3470. The van der Waals surface area contributed by atoms with Crippen LogP contribution >= 0.6 is 0 Å². The molecule has 0 aliphatic carbocycles. The molecule has 8 aromatic rings. The van der Waals surface area contributed by atoms with Crippen LogP contribution in [-0.4, -0.2) is 195 Å². The van der Waals surface area contributed by atoms with Crippen LogP contribution < -0.4 is 32.3 Å². The molecule has 29 heteroatoms. The number of carbonyl (C=O) groups excluding carboxylic acids is 2. The number of carboxylic acids is 1. The zero-order valence-corrected chi connectivity index (χ0v) is 48.1. The zero-order valence-electron chi connectivity index (χ0n) is 48.1. The summed E-state index contributed by atoms with van der Waals surface area (Å²) >= 11 is 0. The second kappa shape index (κ2) is 32.3. The summed E-state index contributed by atoms with van der Waals surface area (Å²) in [6.07, 6.45) is 6.80. The van der Waals surface area contributed by atoms with E-state index in [0.29, 0.717) is 120 Å². The quantitative estimate of drug-likeness (QED) is 0.0304. The number of aliphatic carboxylic acids is 1. The molecular formula is C57H71FN18O10. The Hall–Kier alpha value is -8.97. The number of imidazole rings is 1. The van der Waals surface area contributed by atoms with Gasteiger partial charge in [0.2, 0.25) is 17.8 Å². The molecule has 0 spiro atoms. The number of amides is 2. The fourth-order valence-electron chi connectivity index (χ4n) is 8.63. The van der Waals surface area contributed by atoms with E-state index in [2.05, 4.69) is 62.1 Å². The zero-order chi connectivity index (χ0) is 60.6. The normalized spacial score (nSPS) is 11.8. The van der Waals surface area contributed by atoms with Crippen molar-refractivity contribution in [3.05, 3.63) is 120 Å². The van der Waals surface area contributed by atoms with Gasteiger partial charge in [0, 0.05) is 62.3 Å². The van der Waals surface area contributed by atoms with Gasteiger partial charge < -0.3 is 70.7 Å². The maximum absolute atomic E-state index is 13.9. The van der Waals surface area contributed by atoms with Gasteiger partial charge in [0.15, 0.2) is 17.0 Å². The van der Waals surface area contributed by atoms with Gasteiger partial charge in [-0.3, -0.25) is 14.0 Å². The molecular weight excluding hydrogens is 1120 g/mol. The van der Waals surface area contributed by atoms with Crippen molar-refractivity contribution in [3.63, 3.8) is 0 Å². The van der Waals surface area contributed by atoms with E-state index in [0.717, 1.165) is 34.7 Å². The Kier molecular flexibility index (Phi) is 23.7. The Balaban J connectivity index is 0.596. The van der Waals surface area contributed by atoms with Crippen molar-refractivity contribution in [2.75, 3.05) is 129 Å². The van der Waals surface area contributed by atoms with Gasteiger partial charge in [0.25, 0.3) is 5.91 Å². The van der Waals surface area contributed by atoms with Crippen molar-refractivity contribution < 1.29 is 52.3 Å². The standard InChI is InChI=1S/C57H71FN18O10/c1-73(2)34-38-15-19-76-47(32-38)68-49(39-4-8-41(58)9-5-39)51(76)45-14-16-62-57(67-45)63-18-22-82-25-28-85-30-31-86-37-43-36-75(72-71-43)20-23-83-26-29-84-27-24-81-21-17-61-48(77)13-12-46(55(79)80)66-54(78)40-6-10-44(11-7-40)74(3)35-42-33-64-53-50(65-42)52(59)69-56(60)70-53/h4-11,14-16,19,32-33,36,46H,12-13,17-18,20-31,34-35,37H2,1-3H3,(H,61,77)(H,66,78)(H,79,80)(H,62,63,67)(H4,59,60,64,69,70)/t46-/m0/s1. The van der Waals surface area contributed by atoms with Crippen molar-refractivity contribution in [2.24, 2.45) is 0 Å². The third kappa shape index (κ3) is 19.3. The summed E-state index contributed by atoms with van der Waals surface area (Å²) in [6.45, 7) is 6.53. The minimum Gasteiger partial charge on any atom is -0.480 e. The van der Waals surface area contributed by atoms with Crippen molar-refractivity contribution in [2.45, 2.75) is 45.1 Å². The average molecular weight is 1190 g/mol. The molecule has 0 saturated heterocycles. The van der Waals surface area contributed by atoms with Gasteiger partial charge >= 0.3 is 5.97 Å². The van der Waals surface area contributed by atoms with E-state index >= 15 is 0 Å². The summed E-state index contributed by atoms with van der Waals surface area (Å²) in [5.41, 5.74) is 19.3. The highest BCUT2D eigenvalue weighted by Crippen LogP contribution is 2.33. The molecule has 0 bridgehead atoms. The van der Waals surface area contributed by atoms with Crippen LogP contribution in [0.4, 0.5) is 27.8 Å². The van der Waals surface area contributed by atoms with Gasteiger partial charge in [-0.1, -0.05) is 5.21 Å². The van der Waals surface area contributed by atoms with Crippen LogP contribution in [-0.2, 0) is 64.3 Å². The first-order valence-corrected chi connectivity index (χ1v) is 27.8. The molecule has 6 aromatic heterocycles. The fourth-order valence-corrected chi connectivity index (χ4v) is 8.63. The number of hydrogen-bond acceptors (Lipinski definition) is 23. The molecule has 8 rings (SSSR count). The number of nitrogen functional groups attached to an aromatic ring is 2. The number of rotatable bonds is 37. The largest absolute Gasteiger partial charge is 0.480 e. The highest BCUT2D eigenvalue weighted by Gasteiger charge is 2.23. The van der Waals surface area contributed by atoms with Crippen LogP contribution in [0.5, 0.6) is 0 Å². The SMILES string of the molecule is CN(C)Cc1ccn2c(-c3ccnc(NCCOCCOCCOCc4cn(CCOCCOCCOCCNC(=O)CC[C@H](NC(=O)c5ccc(N(C)Cc6cnc7nc(N)nc(N)c7n6)cc5)C(=O)O)nn4)n3)c(-c3ccc(F)cc3)nc2c1. The molecule has 1 atom stereocenters. The molecule has 2 amide bonds. The summed E-state index contributed by atoms with van der Waals surface area (Å²) in [7, 11) is 5.86. The average Bonchev–Trinajstić information content (AvgIpc) is 2.18. The molecule has 0 aliphatic heterocycles. The van der Waals surface area contributed by atoms with E-state index in [4.69, 9.17) is 49.9 Å². The third-order valence-corrected chi connectivity index (χ3v) is 12.8. The smallest absolute Gasteiger partial charge is 0.326 e. The summed E-state index contributed by atoms with van der Waals surface area (Å²) in [6, 6.07) is 17.5. The van der Waals surface area contributed by atoms with Crippen LogP contribution in [0, 0.1) is 5.82 Å². The van der Waals surface area contributed by atoms with Crippen molar-refractivity contribution >= 4 is 58.0 Å². The number of carboxylic acid groups (broad SMARTS) is 1. The second-order valence-corrected chi connectivity index (χ2v) is 19.8. The van der Waals surface area contributed by atoms with Gasteiger partial charge in [-0.15, -0.1) is 5.10 Å². The van der Waals surface area contributed by atoms with Gasteiger partial charge in [0.05, 0.1) is 128 Å². The van der Waals surface area contributed by atoms with E-state index < -0.39 is 17.9 Å². The number of ether oxygens (including phenoxy) is 6. The van der Waals surface area contributed by atoms with Crippen LogP contribution in [0.3, 0.4) is 0 Å². The lowest BCUT2D eigenvalue weighted by Crippen LogP contribution is -2.41. The maximum Gasteiger partial charge on any atom is 0.326 e. The lowest BCUT2D eigenvalue weighted by molar-refractivity contribution is -0.139. The first kappa shape index (κ1) is 63.1. The van der Waals surface area contributed by atoms with Crippen LogP contribution in [0.2, 0.25) is 0 Å². The summed E-state index contributed by atoms with van der Waals surface area (Å²) in [4.78, 5) is 72.2. The number of fused-ring (bicyclic) bond motifs is 2. The number of hydrogen-bond donors (Lipinski definition) is 6. The molecule has 0 aliphatic rings. The third-order valence-electron chi connectivity index (χ3n) is 12.8. The Morgan fingerprint density at radius 1 is 0.744 bits per heavy atom. The molecule has 8 N–H and O–H groups in total. The van der Waals surface area contributed by atoms with E-state index in [9.17, 15) is 23.9 Å². The summed E-state index contributed by atoms with van der Waals surface area (Å²) in [5, 5.41) is 26.4. The molecule has 456 valence electrons. The summed E-state index contributed by atoms with van der Waals surface area (Å²) in [5.74, 6) is -1.99. The van der Waals surface area contributed by atoms with Crippen molar-refractivity contribution in [1.82, 2.24) is 69.8 Å². The van der Waals surface area contributed by atoms with E-state index in [-0.39, 0.29) is 67.3 Å². The Morgan fingerprint density at radius 2 is 1.44 bits per heavy atom. The molecule has 0 unspecified atom stereocenters. The highest BCUT2D eigenvalue weighted by molar-refractivity contribution is 5.97. The lowest BCUT2D eigenvalue weighted by atomic mass is 10.1. The Morgan fingerprint density at radius 3 is 2.16 bits per heavy atom. The van der Waals surface area contributed by atoms with E-state index in [1.807, 2.05) is 48.8 Å². The number of benzene rings is 2. The number of aromatic nitrogens is 11. The van der Waals surface area contributed by atoms with Crippen LogP contribution in [0.1, 0.15) is 40.2 Å². The van der Waals surface area contributed by atoms with Crippen LogP contribution in [0.25, 0.3) is 39.5 Å². The first-order valence-electron chi connectivity index (χ1n) is 27.8. The minimum atomic E-state index is -1.28. The molecule has 2 aromatic carbocycles. The van der Waals surface area contributed by atoms with Gasteiger partial charge in [-0.25, -0.2) is 38.8 Å². The fraction of sp³-hybridized carbons (Fsp3) is 0.404. The molecule has 6 heterocycles. The number of nitrogens with one attached hydrogen (secondary N) is 3. The molecule has 0 radical (unpaired) electrons. The molecule has 86 heavy (non-hydrogen) atoms. The number of anilines is 4. The highest BCUT2D eigenvalue weighted by atomic mass is 19.1. The number of carbonyl (C=O) groups is 3. The predicted octanol–water partition coefficient (Wildman–Crippen LogP) is 3.28. The number of nitrogens with zero attached hydrogens (tertiary/aromatic N) is 13. The molecule has 0 fully saturated rings. The number of halogens is 1. The van der Waals surface area contributed by atoms with E-state index in [1.165, 1.54) is 12.1 Å². The molecule has 0 saturated carbocycles. The number of pyridine rings is 1. The van der Waals surface area contributed by atoms with Crippen molar-refractivity contribution in [1.29, 1.82) is 0 Å². The van der Waals surface area contributed by atoms with E-state index in [1.54, 1.807) is 59.7 Å². The summed E-state index contributed by atoms with van der Waals surface area (Å²) < 4.78 is 51.4. The van der Waals surface area contributed by atoms with Gasteiger partial charge in [-0.2, -0.15) is 9.97 Å². The second-order valence-electron chi connectivity index (χ2n) is 19.8. The minimum absolute atomic E-state index is 0.00439. The van der Waals surface area contributed by atoms with Crippen LogP contribution in [0.15, 0.2) is 91.5 Å². The predicted molar refractivity (Wildman–Crippen MR) is 315 cm³/mol. The maximum atomic E-state index is 13.9. The monoisotopic (exact) mass is 1190 g/mol. The Labute approximate surface area is 494 Å². The lowest BCUT2D eigenvalue weighted by Gasteiger charge is -2.19. The first-order chi connectivity index (χ1) is 41.8. The van der Waals surface area contributed by atoms with Gasteiger partial charge in [-0.05, 0) is 92.8 Å². The number of nitrogens with two attached hydrogens (primary N) is 2. The molecule has 28 nitrogen and oxygen atoms in total. The topological polar surface area (TPSA) is 347 Å². The van der Waals surface area contributed by atoms with Gasteiger partial charge in [0.1, 0.15) is 23.2 Å².